The lowest BCUT2D eigenvalue weighted by Gasteiger charge is -2.20. The van der Waals surface area contributed by atoms with E-state index in [1.807, 2.05) is 31.2 Å². The molecule has 0 amide bonds. The summed E-state index contributed by atoms with van der Waals surface area (Å²) in [6.45, 7) is 6.56. The molecular formula is C21H25NO4. The average Bonchev–Trinajstić information content (AvgIpc) is 2.96. The van der Waals surface area contributed by atoms with Gasteiger partial charge in [0.15, 0.2) is 5.89 Å². The highest BCUT2D eigenvalue weighted by Gasteiger charge is 2.19. The van der Waals surface area contributed by atoms with Crippen LogP contribution in [0.5, 0.6) is 5.75 Å². The second kappa shape index (κ2) is 7.77. The van der Waals surface area contributed by atoms with Gasteiger partial charge in [0.05, 0.1) is 18.7 Å². The first-order chi connectivity index (χ1) is 12.5. The van der Waals surface area contributed by atoms with Crippen molar-refractivity contribution in [3.05, 3.63) is 52.7 Å². The topological polar surface area (TPSA) is 72.6 Å². The molecule has 0 fully saturated rings. The quantitative estimate of drug-likeness (QED) is 0.790. The number of ether oxygens (including phenoxy) is 1. The summed E-state index contributed by atoms with van der Waals surface area (Å²) in [5.74, 6) is 1.91. The molecule has 0 aliphatic heterocycles. The first-order valence-electron chi connectivity index (χ1n) is 9.07. The Morgan fingerprint density at radius 3 is 2.88 bits per heavy atom. The summed E-state index contributed by atoms with van der Waals surface area (Å²) < 4.78 is 11.7. The molecular weight excluding hydrogens is 330 g/mol. The van der Waals surface area contributed by atoms with Crippen molar-refractivity contribution in [3.8, 4) is 5.75 Å². The molecule has 0 atom stereocenters. The van der Waals surface area contributed by atoms with Gasteiger partial charge < -0.3 is 14.3 Å². The molecule has 0 spiro atoms. The van der Waals surface area contributed by atoms with E-state index < -0.39 is 5.97 Å². The molecule has 0 saturated carbocycles. The van der Waals surface area contributed by atoms with Gasteiger partial charge in [-0.25, -0.2) is 4.98 Å². The number of aryl methyl sites for hydroxylation is 1. The summed E-state index contributed by atoms with van der Waals surface area (Å²) in [7, 11) is 0. The monoisotopic (exact) mass is 355 g/mol. The largest absolute Gasteiger partial charge is 0.493 e. The van der Waals surface area contributed by atoms with E-state index in [2.05, 4.69) is 18.8 Å². The molecule has 26 heavy (non-hydrogen) atoms. The van der Waals surface area contributed by atoms with Crippen molar-refractivity contribution in [2.45, 2.75) is 52.4 Å². The van der Waals surface area contributed by atoms with Crippen LogP contribution in [-0.4, -0.2) is 22.7 Å². The van der Waals surface area contributed by atoms with Crippen molar-refractivity contribution in [3.63, 3.8) is 0 Å². The van der Waals surface area contributed by atoms with E-state index in [9.17, 15) is 4.79 Å². The van der Waals surface area contributed by atoms with E-state index >= 15 is 0 Å². The van der Waals surface area contributed by atoms with Gasteiger partial charge in [0.2, 0.25) is 0 Å². The summed E-state index contributed by atoms with van der Waals surface area (Å²) in [4.78, 5) is 15.6. The van der Waals surface area contributed by atoms with Gasteiger partial charge in [-0.15, -0.1) is 0 Å². The molecule has 1 aliphatic carbocycles. The van der Waals surface area contributed by atoms with Gasteiger partial charge >= 0.3 is 5.97 Å². The predicted octanol–water partition coefficient (Wildman–Crippen LogP) is 4.53. The molecule has 2 aromatic rings. The van der Waals surface area contributed by atoms with Crippen LogP contribution in [0.2, 0.25) is 0 Å². The van der Waals surface area contributed by atoms with Crippen LogP contribution in [0, 0.1) is 6.92 Å². The van der Waals surface area contributed by atoms with Crippen LogP contribution >= 0.6 is 0 Å². The van der Waals surface area contributed by atoms with Crippen molar-refractivity contribution in [1.82, 2.24) is 4.98 Å². The summed E-state index contributed by atoms with van der Waals surface area (Å²) >= 11 is 0. The fourth-order valence-electron chi connectivity index (χ4n) is 3.28. The van der Waals surface area contributed by atoms with E-state index in [1.165, 1.54) is 0 Å². The third-order valence-corrected chi connectivity index (χ3v) is 4.61. The summed E-state index contributed by atoms with van der Waals surface area (Å²) in [6, 6.07) is 5.86. The molecule has 1 aromatic heterocycles. The van der Waals surface area contributed by atoms with Crippen LogP contribution in [0.1, 0.15) is 61.1 Å². The van der Waals surface area contributed by atoms with Crippen LogP contribution < -0.4 is 4.74 Å². The Balaban J connectivity index is 1.70. The number of carboxylic acids is 1. The van der Waals surface area contributed by atoms with Crippen molar-refractivity contribution in [1.29, 1.82) is 0 Å². The number of carboxylic acid groups (broad SMARTS) is 1. The maximum absolute atomic E-state index is 11.1. The van der Waals surface area contributed by atoms with Gasteiger partial charge in [0.25, 0.3) is 0 Å². The maximum atomic E-state index is 11.1. The van der Waals surface area contributed by atoms with E-state index in [1.54, 1.807) is 0 Å². The second-order valence-corrected chi connectivity index (χ2v) is 6.93. The molecule has 0 saturated heterocycles. The molecule has 5 heteroatoms. The maximum Gasteiger partial charge on any atom is 0.307 e. The third kappa shape index (κ3) is 3.98. The smallest absolute Gasteiger partial charge is 0.307 e. The molecule has 5 nitrogen and oxygen atoms in total. The number of fused-ring (bicyclic) bond motifs is 1. The van der Waals surface area contributed by atoms with E-state index in [0.717, 1.165) is 52.6 Å². The van der Waals surface area contributed by atoms with Gasteiger partial charge in [-0.1, -0.05) is 32.1 Å². The molecule has 1 aromatic carbocycles. The number of nitrogens with zero attached hydrogens (tertiary/aromatic N) is 1. The zero-order valence-corrected chi connectivity index (χ0v) is 15.5. The van der Waals surface area contributed by atoms with Crippen LogP contribution in [0.4, 0.5) is 0 Å². The number of allylic oxidation sites excluding steroid dienone is 1. The Hall–Kier alpha value is -2.56. The van der Waals surface area contributed by atoms with Gasteiger partial charge in [0.1, 0.15) is 11.5 Å². The second-order valence-electron chi connectivity index (χ2n) is 6.93. The Kier molecular flexibility index (Phi) is 5.45. The average molecular weight is 355 g/mol. The van der Waals surface area contributed by atoms with Crippen LogP contribution in [0.3, 0.4) is 0 Å². The lowest BCUT2D eigenvalue weighted by molar-refractivity contribution is -0.135. The fraction of sp³-hybridized carbons (Fsp3) is 0.429. The molecule has 0 unspecified atom stereocenters. The van der Waals surface area contributed by atoms with E-state index in [4.69, 9.17) is 14.3 Å². The number of hydrogen-bond donors (Lipinski definition) is 1. The summed E-state index contributed by atoms with van der Waals surface area (Å²) in [5, 5.41) is 9.11. The molecule has 1 aliphatic rings. The molecule has 3 rings (SSSR count). The van der Waals surface area contributed by atoms with Crippen molar-refractivity contribution < 1.29 is 19.1 Å². The zero-order chi connectivity index (χ0) is 18.7. The molecule has 0 radical (unpaired) electrons. The highest BCUT2D eigenvalue weighted by molar-refractivity contribution is 5.86. The van der Waals surface area contributed by atoms with Crippen molar-refractivity contribution in [2.75, 3.05) is 6.61 Å². The van der Waals surface area contributed by atoms with Crippen molar-refractivity contribution >= 4 is 11.5 Å². The first-order valence-corrected chi connectivity index (χ1v) is 9.07. The van der Waals surface area contributed by atoms with Gasteiger partial charge in [-0.05, 0) is 37.0 Å². The number of aliphatic carboxylic acids is 1. The Bertz CT molecular complexity index is 833. The predicted molar refractivity (Wildman–Crippen MR) is 99.5 cm³/mol. The van der Waals surface area contributed by atoms with E-state index in [-0.39, 0.29) is 12.3 Å². The zero-order valence-electron chi connectivity index (χ0n) is 15.5. The third-order valence-electron chi connectivity index (χ3n) is 4.61. The minimum Gasteiger partial charge on any atom is -0.493 e. The molecule has 138 valence electrons. The van der Waals surface area contributed by atoms with Crippen LogP contribution in [-0.2, 0) is 17.6 Å². The number of carbonyl (C=O) groups is 1. The summed E-state index contributed by atoms with van der Waals surface area (Å²) in [5.41, 5.74) is 3.91. The lowest BCUT2D eigenvalue weighted by Crippen LogP contribution is -2.09. The van der Waals surface area contributed by atoms with Gasteiger partial charge in [-0.2, -0.15) is 0 Å². The highest BCUT2D eigenvalue weighted by Crippen LogP contribution is 2.34. The molecule has 1 heterocycles. The number of benzene rings is 1. The minimum atomic E-state index is -0.808. The Morgan fingerprint density at radius 2 is 2.19 bits per heavy atom. The standard InChI is InChI=1S/C21H25NO4/c1-13(2)21-22-18(14(3)26-21)10-11-25-19-9-5-7-16-15(12-20(23)24)6-4-8-17(16)19/h5-7,9,13H,4,8,10-12H2,1-3H3,(H,23,24). The number of rotatable bonds is 7. The van der Waals surface area contributed by atoms with Gasteiger partial charge in [0, 0.05) is 17.9 Å². The molecule has 1 N–H and O–H groups in total. The Labute approximate surface area is 153 Å². The normalized spacial score (nSPS) is 13.5. The lowest BCUT2D eigenvalue weighted by atomic mass is 9.88. The van der Waals surface area contributed by atoms with Crippen LogP contribution in [0.15, 0.2) is 28.7 Å². The SMILES string of the molecule is Cc1oc(C(C)C)nc1CCOc1cccc2c1CCC=C2CC(=O)O. The van der Waals surface area contributed by atoms with Crippen LogP contribution in [0.25, 0.3) is 5.57 Å². The van der Waals surface area contributed by atoms with Crippen molar-refractivity contribution in [2.24, 2.45) is 0 Å². The Morgan fingerprint density at radius 1 is 1.38 bits per heavy atom. The number of hydrogen-bond acceptors (Lipinski definition) is 4. The molecule has 0 bridgehead atoms. The number of oxazole rings is 1. The van der Waals surface area contributed by atoms with Gasteiger partial charge in [-0.3, -0.25) is 4.79 Å². The summed E-state index contributed by atoms with van der Waals surface area (Å²) in [6.07, 6.45) is 4.47. The highest BCUT2D eigenvalue weighted by atomic mass is 16.5. The fourth-order valence-corrected chi connectivity index (χ4v) is 3.28. The first kappa shape index (κ1) is 18.2. The minimum absolute atomic E-state index is 0.0482. The van der Waals surface area contributed by atoms with E-state index in [0.29, 0.717) is 13.0 Å². The number of aromatic nitrogens is 1.